The van der Waals surface area contributed by atoms with Crippen LogP contribution in [0.2, 0.25) is 51.9 Å². The maximum Gasteiger partial charge on any atom is 0.311 e. The van der Waals surface area contributed by atoms with E-state index in [4.69, 9.17) is 8.23 Å². The number of hydrogen-bond donors (Lipinski definition) is 0. The Labute approximate surface area is 127 Å². The van der Waals surface area contributed by atoms with Crippen LogP contribution in [0.15, 0.2) is 0 Å². The molecule has 0 aliphatic heterocycles. The van der Waals surface area contributed by atoms with E-state index >= 15 is 0 Å². The van der Waals surface area contributed by atoms with Crippen molar-refractivity contribution < 1.29 is 8.23 Å². The van der Waals surface area contributed by atoms with Gasteiger partial charge in [0, 0.05) is 0 Å². The maximum atomic E-state index is 6.39. The first-order valence-corrected chi connectivity index (χ1v) is 15.7. The molecule has 0 aliphatic carbocycles. The van der Waals surface area contributed by atoms with Gasteiger partial charge in [-0.2, -0.15) is 0 Å². The van der Waals surface area contributed by atoms with Crippen molar-refractivity contribution in [3.63, 3.8) is 0 Å². The highest BCUT2D eigenvalue weighted by molar-refractivity contribution is 6.87. The zero-order valence-corrected chi connectivity index (χ0v) is 15.4. The van der Waals surface area contributed by atoms with E-state index in [-0.39, 0.29) is 22.3 Å². The van der Waals surface area contributed by atoms with Crippen molar-refractivity contribution in [3.8, 4) is 0 Å². The zero-order chi connectivity index (χ0) is 13.0. The van der Waals surface area contributed by atoms with Crippen LogP contribution in [0.3, 0.4) is 0 Å². The average molecular weight is 327 g/mol. The lowest BCUT2D eigenvalue weighted by molar-refractivity contribution is 0.391. The van der Waals surface area contributed by atoms with Gasteiger partial charge in [0.15, 0.2) is 16.6 Å². The molecule has 0 unspecified atom stereocenters. The van der Waals surface area contributed by atoms with Gasteiger partial charge in [0.2, 0.25) is 0 Å². The van der Waals surface area contributed by atoms with Crippen LogP contribution < -0.4 is 0 Å². The van der Waals surface area contributed by atoms with Gasteiger partial charge in [-0.3, -0.25) is 0 Å². The molecule has 0 fully saturated rings. The molecule has 0 radical (unpaired) electrons. The van der Waals surface area contributed by atoms with Crippen LogP contribution in [0.4, 0.5) is 0 Å². The Kier molecular flexibility index (Phi) is 15.1. The highest BCUT2D eigenvalue weighted by Gasteiger charge is 2.37. The van der Waals surface area contributed by atoms with Crippen LogP contribution >= 0.6 is 0 Å². The fraction of sp³-hybridized carbons (Fsp3) is 1.00. The van der Waals surface area contributed by atoms with Gasteiger partial charge in [0.05, 0.1) is 0 Å². The lowest BCUT2D eigenvalue weighted by atomic mass is 10.4. The Morgan fingerprint density at radius 1 is 0.737 bits per heavy atom. The monoisotopic (exact) mass is 326 g/mol. The Hall–Kier alpha value is 0.571. The van der Waals surface area contributed by atoms with Gasteiger partial charge >= 0.3 is 8.56 Å². The summed E-state index contributed by atoms with van der Waals surface area (Å²) in [6.45, 7) is 18.0. The number of unbranched alkanes of at least 4 members (excludes halogenated alkanes) is 1. The molecule has 0 atom stereocenters. The Morgan fingerprint density at radius 3 is 1.47 bits per heavy atom. The minimum Gasteiger partial charge on any atom is -0.437 e. The molecule has 0 aromatic carbocycles. The molecule has 2 nitrogen and oxygen atoms in total. The molecule has 0 spiro atoms. The molecule has 0 heterocycles. The van der Waals surface area contributed by atoms with Crippen molar-refractivity contribution in [3.05, 3.63) is 0 Å². The molecule has 19 heavy (non-hydrogen) atoms. The minimum atomic E-state index is -1.90. The molecule has 0 amide bonds. The van der Waals surface area contributed by atoms with Crippen LogP contribution in [0.1, 0.15) is 42.0 Å². The molecule has 0 aromatic rings. The van der Waals surface area contributed by atoms with Gasteiger partial charge in [-0.05, 0) is 51.9 Å². The third-order valence-electron chi connectivity index (χ3n) is 2.21. The van der Waals surface area contributed by atoms with Crippen molar-refractivity contribution in [1.29, 1.82) is 0 Å². The largest absolute Gasteiger partial charge is 0.437 e. The van der Waals surface area contributed by atoms with Crippen molar-refractivity contribution in [2.24, 2.45) is 0 Å². The highest BCUT2D eigenvalue weighted by atomic mass is 28.5. The van der Waals surface area contributed by atoms with Gasteiger partial charge in [0.25, 0.3) is 0 Å². The van der Waals surface area contributed by atoms with Crippen LogP contribution in [0.25, 0.3) is 0 Å². The van der Waals surface area contributed by atoms with E-state index in [9.17, 15) is 0 Å². The third-order valence-corrected chi connectivity index (χ3v) is 12.4. The SMILES string of the molecule is C.C.C.CCCC[Si](C)(C)O[Si](C)(C)O[Si](C)(C)C. The van der Waals surface area contributed by atoms with E-state index in [1.807, 2.05) is 0 Å². The molecule has 5 heteroatoms. The van der Waals surface area contributed by atoms with Gasteiger partial charge in [-0.1, -0.05) is 42.0 Å². The first kappa shape index (κ1) is 27.8. The second-order valence-electron chi connectivity index (χ2n) is 6.58. The van der Waals surface area contributed by atoms with Gasteiger partial charge < -0.3 is 8.23 Å². The molecule has 0 aliphatic rings. The van der Waals surface area contributed by atoms with Crippen LogP contribution in [-0.2, 0) is 8.23 Å². The second kappa shape index (κ2) is 10.3. The maximum absolute atomic E-state index is 6.39. The molecule has 0 N–H and O–H groups in total. The fourth-order valence-corrected chi connectivity index (χ4v) is 15.5. The molecular formula is C14H42O2Si3. The summed E-state index contributed by atoms with van der Waals surface area (Å²) < 4.78 is 12.6. The Bertz CT molecular complexity index is 211. The Morgan fingerprint density at radius 2 is 1.16 bits per heavy atom. The van der Waals surface area contributed by atoms with E-state index in [1.165, 1.54) is 18.9 Å². The summed E-state index contributed by atoms with van der Waals surface area (Å²) in [5, 5.41) is 0. The lowest BCUT2D eigenvalue weighted by Gasteiger charge is -2.37. The summed E-state index contributed by atoms with van der Waals surface area (Å²) in [5.41, 5.74) is 0. The van der Waals surface area contributed by atoms with E-state index in [2.05, 4.69) is 52.8 Å². The molecule has 0 aromatic heterocycles. The van der Waals surface area contributed by atoms with Crippen LogP contribution in [0.5, 0.6) is 0 Å². The Balaban J connectivity index is -0.000000375. The van der Waals surface area contributed by atoms with Crippen molar-refractivity contribution in [2.45, 2.75) is 93.9 Å². The van der Waals surface area contributed by atoms with Gasteiger partial charge in [-0.25, -0.2) is 0 Å². The van der Waals surface area contributed by atoms with Crippen molar-refractivity contribution in [1.82, 2.24) is 0 Å². The molecule has 0 rings (SSSR count). The summed E-state index contributed by atoms with van der Waals surface area (Å²) in [4.78, 5) is 0. The van der Waals surface area contributed by atoms with E-state index in [1.54, 1.807) is 0 Å². The molecule has 122 valence electrons. The van der Waals surface area contributed by atoms with E-state index < -0.39 is 25.2 Å². The van der Waals surface area contributed by atoms with E-state index in [0.29, 0.717) is 0 Å². The summed E-state index contributed by atoms with van der Waals surface area (Å²) in [7, 11) is -4.87. The average Bonchev–Trinajstić information content (AvgIpc) is 1.93. The first-order chi connectivity index (χ1) is 6.97. The van der Waals surface area contributed by atoms with Crippen molar-refractivity contribution in [2.75, 3.05) is 0 Å². The number of rotatable bonds is 7. The highest BCUT2D eigenvalue weighted by Crippen LogP contribution is 2.23. The van der Waals surface area contributed by atoms with Crippen LogP contribution in [0, 0.1) is 0 Å². The molecule has 0 saturated heterocycles. The summed E-state index contributed by atoms with van der Waals surface area (Å²) >= 11 is 0. The molecular weight excluding hydrogens is 284 g/mol. The standard InChI is InChI=1S/C11H30O2Si3.3CH4/c1-9-10-11-15(5,6)13-16(7,8)12-14(2,3)4;;;/h9-11H2,1-8H3;3*1H4. The number of hydrogen-bond acceptors (Lipinski definition) is 2. The lowest BCUT2D eigenvalue weighted by Crippen LogP contribution is -2.51. The summed E-state index contributed by atoms with van der Waals surface area (Å²) in [6.07, 6.45) is 2.55. The predicted molar refractivity (Wildman–Crippen MR) is 100 cm³/mol. The zero-order valence-electron chi connectivity index (χ0n) is 12.4. The minimum absolute atomic E-state index is 0. The third kappa shape index (κ3) is 16.5. The smallest absolute Gasteiger partial charge is 0.311 e. The first-order valence-electron chi connectivity index (χ1n) is 6.38. The predicted octanol–water partition coefficient (Wildman–Crippen LogP) is 6.47. The quantitative estimate of drug-likeness (QED) is 0.499. The second-order valence-corrected chi connectivity index (χ2v) is 19.3. The van der Waals surface area contributed by atoms with Gasteiger partial charge in [-0.15, -0.1) is 0 Å². The fourth-order valence-electron chi connectivity index (χ4n) is 2.08. The molecule has 0 bridgehead atoms. The van der Waals surface area contributed by atoms with Gasteiger partial charge in [0.1, 0.15) is 0 Å². The summed E-state index contributed by atoms with van der Waals surface area (Å²) in [5.74, 6) is 0. The van der Waals surface area contributed by atoms with E-state index in [0.717, 1.165) is 0 Å². The normalized spacial score (nSPS) is 12.0. The van der Waals surface area contributed by atoms with Crippen molar-refractivity contribution >= 4 is 25.2 Å². The molecule has 0 saturated carbocycles. The van der Waals surface area contributed by atoms with Crippen LogP contribution in [-0.4, -0.2) is 25.2 Å². The summed E-state index contributed by atoms with van der Waals surface area (Å²) in [6, 6.07) is 1.26. The topological polar surface area (TPSA) is 18.5 Å².